The molecule has 0 spiro atoms. The number of nitrogens with zero attached hydrogens (tertiary/aromatic N) is 1. The van der Waals surface area contributed by atoms with E-state index in [4.69, 9.17) is 4.74 Å². The van der Waals surface area contributed by atoms with Crippen molar-refractivity contribution in [1.29, 1.82) is 0 Å². The summed E-state index contributed by atoms with van der Waals surface area (Å²) in [5, 5.41) is 0. The second-order valence-electron chi connectivity index (χ2n) is 4.19. The van der Waals surface area contributed by atoms with Gasteiger partial charge in [0.2, 0.25) is 0 Å². The first-order valence-electron chi connectivity index (χ1n) is 5.92. The Kier molecular flexibility index (Phi) is 4.52. The van der Waals surface area contributed by atoms with Crippen LogP contribution in [0.25, 0.3) is 0 Å². The minimum Gasteiger partial charge on any atom is -0.466 e. The van der Waals surface area contributed by atoms with E-state index in [-0.39, 0.29) is 18.9 Å². The largest absolute Gasteiger partial charge is 0.466 e. The van der Waals surface area contributed by atoms with Gasteiger partial charge in [-0.3, -0.25) is 13.9 Å². The van der Waals surface area contributed by atoms with E-state index in [9.17, 15) is 13.9 Å². The number of benzene rings is 1. The molecule has 0 saturated heterocycles. The fraction of sp³-hybridized carbons (Fsp3) is 0.417. The maximum absolute atomic E-state index is 11.3. The summed E-state index contributed by atoms with van der Waals surface area (Å²) in [6, 6.07) is 5.36. The van der Waals surface area contributed by atoms with Crippen molar-refractivity contribution in [2.45, 2.75) is 24.8 Å². The SMILES string of the molecule is CCOC(=O)CCN1Cc2cc(Br)ccc2S1(O)O. The van der Waals surface area contributed by atoms with Gasteiger partial charge in [0.05, 0.1) is 17.9 Å². The van der Waals surface area contributed by atoms with Crippen LogP contribution in [0.1, 0.15) is 18.9 Å². The van der Waals surface area contributed by atoms with E-state index in [2.05, 4.69) is 15.9 Å². The average molecular weight is 350 g/mol. The Hall–Kier alpha value is -0.600. The number of halogens is 1. The third kappa shape index (κ3) is 3.11. The highest BCUT2D eigenvalue weighted by molar-refractivity contribution is 9.10. The standard InChI is InChI=1S/C12H16BrNO4S/c1-2-18-12(15)5-6-14-8-9-7-10(13)3-4-11(9)19(14,16)17/h3-4,7,16-17H,2,5-6,8H2,1H3. The molecule has 0 amide bonds. The Bertz CT molecular complexity index is 495. The van der Waals surface area contributed by atoms with Crippen molar-refractivity contribution in [3.8, 4) is 0 Å². The lowest BCUT2D eigenvalue weighted by atomic mass is 10.2. The molecule has 106 valence electrons. The lowest BCUT2D eigenvalue weighted by Gasteiger charge is -2.37. The van der Waals surface area contributed by atoms with Crippen LogP contribution in [0.4, 0.5) is 0 Å². The van der Waals surface area contributed by atoms with Crippen LogP contribution < -0.4 is 0 Å². The second-order valence-corrected chi connectivity index (χ2v) is 7.10. The maximum atomic E-state index is 11.3. The highest BCUT2D eigenvalue weighted by Crippen LogP contribution is 2.58. The molecule has 1 aliphatic heterocycles. The highest BCUT2D eigenvalue weighted by Gasteiger charge is 2.35. The van der Waals surface area contributed by atoms with Gasteiger partial charge in [-0.1, -0.05) is 15.9 Å². The smallest absolute Gasteiger partial charge is 0.307 e. The van der Waals surface area contributed by atoms with Crippen LogP contribution in [0.15, 0.2) is 27.6 Å². The first-order valence-corrected chi connectivity index (χ1v) is 8.22. The van der Waals surface area contributed by atoms with Crippen molar-refractivity contribution in [2.24, 2.45) is 0 Å². The quantitative estimate of drug-likeness (QED) is 0.816. The Morgan fingerprint density at radius 2 is 2.26 bits per heavy atom. The maximum Gasteiger partial charge on any atom is 0.307 e. The second kappa shape index (κ2) is 5.80. The number of ether oxygens (including phenoxy) is 1. The lowest BCUT2D eigenvalue weighted by molar-refractivity contribution is -0.143. The summed E-state index contributed by atoms with van der Waals surface area (Å²) < 4.78 is 27.7. The van der Waals surface area contributed by atoms with Crippen molar-refractivity contribution < 1.29 is 18.6 Å². The Balaban J connectivity index is 2.08. The number of carbonyl (C=O) groups is 1. The van der Waals surface area contributed by atoms with E-state index in [0.717, 1.165) is 10.0 Å². The molecule has 0 fully saturated rings. The van der Waals surface area contributed by atoms with Gasteiger partial charge in [-0.2, -0.15) is 4.31 Å². The van der Waals surface area contributed by atoms with Crippen molar-refractivity contribution in [1.82, 2.24) is 4.31 Å². The van der Waals surface area contributed by atoms with Gasteiger partial charge in [0.1, 0.15) is 0 Å². The van der Waals surface area contributed by atoms with Gasteiger partial charge in [-0.25, -0.2) is 0 Å². The van der Waals surface area contributed by atoms with E-state index in [1.807, 2.05) is 6.07 Å². The van der Waals surface area contributed by atoms with Gasteiger partial charge in [-0.05, 0) is 30.7 Å². The molecule has 1 aliphatic rings. The zero-order chi connectivity index (χ0) is 14.0. The summed E-state index contributed by atoms with van der Waals surface area (Å²) in [7, 11) is -2.97. The first-order chi connectivity index (χ1) is 8.95. The Morgan fingerprint density at radius 1 is 1.53 bits per heavy atom. The molecule has 2 rings (SSSR count). The number of esters is 1. The molecule has 0 atom stereocenters. The van der Waals surface area contributed by atoms with Crippen molar-refractivity contribution in [2.75, 3.05) is 13.2 Å². The highest BCUT2D eigenvalue weighted by atomic mass is 79.9. The van der Waals surface area contributed by atoms with E-state index in [0.29, 0.717) is 18.0 Å². The molecule has 1 heterocycles. The van der Waals surface area contributed by atoms with Crippen molar-refractivity contribution >= 4 is 32.7 Å². The Labute approximate surface area is 122 Å². The minimum atomic E-state index is -2.97. The lowest BCUT2D eigenvalue weighted by Crippen LogP contribution is -2.25. The number of fused-ring (bicyclic) bond motifs is 1. The van der Waals surface area contributed by atoms with Gasteiger partial charge in [0.25, 0.3) is 0 Å². The summed E-state index contributed by atoms with van der Waals surface area (Å²) in [5.41, 5.74) is 0.873. The Morgan fingerprint density at radius 3 is 2.95 bits per heavy atom. The zero-order valence-corrected chi connectivity index (χ0v) is 12.9. The monoisotopic (exact) mass is 349 g/mol. The van der Waals surface area contributed by atoms with Gasteiger partial charge < -0.3 is 4.74 Å². The third-order valence-electron chi connectivity index (χ3n) is 2.89. The van der Waals surface area contributed by atoms with E-state index < -0.39 is 10.8 Å². The van der Waals surface area contributed by atoms with Crippen LogP contribution in [0.3, 0.4) is 0 Å². The fourth-order valence-corrected chi connectivity index (χ4v) is 4.09. The summed E-state index contributed by atoms with van der Waals surface area (Å²) >= 11 is 3.36. The summed E-state index contributed by atoms with van der Waals surface area (Å²) in [6.45, 7) is 2.78. The van der Waals surface area contributed by atoms with Crippen LogP contribution in [0, 0.1) is 0 Å². The molecule has 7 heteroatoms. The minimum absolute atomic E-state index is 0.152. The average Bonchev–Trinajstić information content (AvgIpc) is 2.58. The molecular formula is C12H16BrNO4S. The van der Waals surface area contributed by atoms with E-state index in [1.165, 1.54) is 4.31 Å². The summed E-state index contributed by atoms with van der Waals surface area (Å²) in [5.74, 6) is -0.324. The van der Waals surface area contributed by atoms with Crippen LogP contribution in [-0.2, 0) is 16.1 Å². The molecule has 0 bridgehead atoms. The molecule has 0 saturated carbocycles. The number of hydrogen-bond acceptors (Lipinski definition) is 5. The van der Waals surface area contributed by atoms with Gasteiger partial charge in [-0.15, -0.1) is 10.8 Å². The number of hydrogen-bond donors (Lipinski definition) is 2. The summed E-state index contributed by atoms with van der Waals surface area (Å²) in [4.78, 5) is 11.9. The van der Waals surface area contributed by atoms with E-state index >= 15 is 0 Å². The molecule has 5 nitrogen and oxygen atoms in total. The molecule has 1 aromatic carbocycles. The molecule has 19 heavy (non-hydrogen) atoms. The molecule has 0 aromatic heterocycles. The predicted molar refractivity (Wildman–Crippen MR) is 76.9 cm³/mol. The van der Waals surface area contributed by atoms with Crippen LogP contribution in [0.5, 0.6) is 0 Å². The van der Waals surface area contributed by atoms with Gasteiger partial charge in [0.15, 0.2) is 0 Å². The topological polar surface area (TPSA) is 70.0 Å². The first kappa shape index (κ1) is 14.8. The summed E-state index contributed by atoms with van der Waals surface area (Å²) in [6.07, 6.45) is 0.152. The van der Waals surface area contributed by atoms with Crippen LogP contribution in [0.2, 0.25) is 0 Å². The van der Waals surface area contributed by atoms with E-state index in [1.54, 1.807) is 19.1 Å². The normalized spacial score (nSPS) is 18.9. The molecule has 0 aliphatic carbocycles. The van der Waals surface area contributed by atoms with Crippen LogP contribution >= 0.6 is 26.7 Å². The van der Waals surface area contributed by atoms with Crippen molar-refractivity contribution in [3.05, 3.63) is 28.2 Å². The molecule has 2 N–H and O–H groups in total. The molecular weight excluding hydrogens is 334 g/mol. The van der Waals surface area contributed by atoms with Crippen molar-refractivity contribution in [3.63, 3.8) is 0 Å². The number of carbonyl (C=O) groups excluding carboxylic acids is 1. The predicted octanol–water partition coefficient (Wildman–Crippen LogP) is 3.24. The zero-order valence-electron chi connectivity index (χ0n) is 10.5. The van der Waals surface area contributed by atoms with Gasteiger partial charge in [0, 0.05) is 17.6 Å². The molecule has 0 unspecified atom stereocenters. The van der Waals surface area contributed by atoms with Crippen LogP contribution in [-0.4, -0.2) is 32.5 Å². The molecule has 0 radical (unpaired) electrons. The fourth-order valence-electron chi connectivity index (χ4n) is 2.01. The third-order valence-corrected chi connectivity index (χ3v) is 5.41. The number of rotatable bonds is 4. The molecule has 1 aromatic rings. The van der Waals surface area contributed by atoms with Gasteiger partial charge >= 0.3 is 5.97 Å².